The van der Waals surface area contributed by atoms with E-state index in [1.807, 2.05) is 26.0 Å². The minimum atomic E-state index is 0.307. The Labute approximate surface area is 73.8 Å². The lowest BCUT2D eigenvalue weighted by Crippen LogP contribution is -2.14. The minimum Gasteiger partial charge on any atom is -0.466 e. The molecule has 0 aliphatic rings. The molecule has 1 aromatic heterocycles. The molecule has 1 heterocycles. The van der Waals surface area contributed by atoms with Crippen molar-refractivity contribution >= 4 is 0 Å². The van der Waals surface area contributed by atoms with Crippen LogP contribution in [0.2, 0.25) is 0 Å². The number of aryl methyl sites for hydroxylation is 2. The molecule has 2 nitrogen and oxygen atoms in total. The smallest absolute Gasteiger partial charge is 0.104 e. The summed E-state index contributed by atoms with van der Waals surface area (Å²) in [6.45, 7) is 4.00. The van der Waals surface area contributed by atoms with Crippen LogP contribution in [0.15, 0.2) is 16.5 Å². The molecule has 0 amide bonds. The second kappa shape index (κ2) is 4.31. The van der Waals surface area contributed by atoms with E-state index >= 15 is 0 Å². The molecular weight excluding hydrogens is 150 g/mol. The van der Waals surface area contributed by atoms with E-state index in [0.29, 0.717) is 6.04 Å². The number of hydrogen-bond donors (Lipinski definition) is 1. The van der Waals surface area contributed by atoms with Crippen LogP contribution >= 0.6 is 0 Å². The van der Waals surface area contributed by atoms with E-state index in [0.717, 1.165) is 30.8 Å². The molecular formula is C10H17NO. The predicted octanol–water partition coefficient (Wildman–Crippen LogP) is 2.26. The summed E-state index contributed by atoms with van der Waals surface area (Å²) in [5.74, 6) is 2.07. The van der Waals surface area contributed by atoms with Crippen molar-refractivity contribution in [2.75, 3.05) is 0 Å². The first kappa shape index (κ1) is 9.33. The summed E-state index contributed by atoms with van der Waals surface area (Å²) in [7, 11) is 0. The summed E-state index contributed by atoms with van der Waals surface area (Å²) >= 11 is 0. The third kappa shape index (κ3) is 3.09. The summed E-state index contributed by atoms with van der Waals surface area (Å²) in [6, 6.07) is 4.35. The van der Waals surface area contributed by atoms with Crippen molar-refractivity contribution in [1.29, 1.82) is 0 Å². The fourth-order valence-corrected chi connectivity index (χ4v) is 1.22. The zero-order valence-electron chi connectivity index (χ0n) is 7.84. The zero-order chi connectivity index (χ0) is 8.97. The lowest BCUT2D eigenvalue weighted by atomic mass is 10.1. The molecule has 1 unspecified atom stereocenters. The van der Waals surface area contributed by atoms with Gasteiger partial charge in [-0.25, -0.2) is 0 Å². The van der Waals surface area contributed by atoms with Crippen molar-refractivity contribution in [1.82, 2.24) is 0 Å². The van der Waals surface area contributed by atoms with Crippen molar-refractivity contribution < 1.29 is 4.42 Å². The second-order valence-electron chi connectivity index (χ2n) is 3.38. The SMILES string of the molecule is Cc1ccc(CCCC(C)N)o1. The van der Waals surface area contributed by atoms with E-state index in [-0.39, 0.29) is 0 Å². The quantitative estimate of drug-likeness (QED) is 0.747. The third-order valence-electron chi connectivity index (χ3n) is 1.88. The molecule has 0 aliphatic carbocycles. The Morgan fingerprint density at radius 1 is 1.50 bits per heavy atom. The van der Waals surface area contributed by atoms with E-state index in [2.05, 4.69) is 0 Å². The van der Waals surface area contributed by atoms with Gasteiger partial charge in [0.25, 0.3) is 0 Å². The van der Waals surface area contributed by atoms with Gasteiger partial charge in [-0.3, -0.25) is 0 Å². The van der Waals surface area contributed by atoms with Crippen LogP contribution in [0.1, 0.15) is 31.3 Å². The van der Waals surface area contributed by atoms with Gasteiger partial charge in [-0.1, -0.05) is 0 Å². The molecule has 0 radical (unpaired) electrons. The maximum Gasteiger partial charge on any atom is 0.104 e. The molecule has 0 aliphatic heterocycles. The highest BCUT2D eigenvalue weighted by Crippen LogP contribution is 2.09. The molecule has 0 aromatic carbocycles. The highest BCUT2D eigenvalue weighted by Gasteiger charge is 1.99. The van der Waals surface area contributed by atoms with Gasteiger partial charge < -0.3 is 10.2 Å². The van der Waals surface area contributed by atoms with E-state index in [1.165, 1.54) is 0 Å². The van der Waals surface area contributed by atoms with Crippen molar-refractivity contribution in [2.24, 2.45) is 5.73 Å². The first-order valence-electron chi connectivity index (χ1n) is 4.49. The Morgan fingerprint density at radius 2 is 2.25 bits per heavy atom. The molecule has 2 N–H and O–H groups in total. The van der Waals surface area contributed by atoms with Crippen LogP contribution in [0.5, 0.6) is 0 Å². The normalized spacial score (nSPS) is 13.2. The Bertz CT molecular complexity index is 227. The molecule has 68 valence electrons. The van der Waals surface area contributed by atoms with Gasteiger partial charge in [0.2, 0.25) is 0 Å². The van der Waals surface area contributed by atoms with Gasteiger partial charge >= 0.3 is 0 Å². The lowest BCUT2D eigenvalue weighted by Gasteiger charge is -2.01. The molecule has 0 spiro atoms. The lowest BCUT2D eigenvalue weighted by molar-refractivity contribution is 0.469. The van der Waals surface area contributed by atoms with E-state index < -0.39 is 0 Å². The van der Waals surface area contributed by atoms with Crippen molar-refractivity contribution in [2.45, 2.75) is 39.2 Å². The minimum absolute atomic E-state index is 0.307. The Morgan fingerprint density at radius 3 is 2.75 bits per heavy atom. The van der Waals surface area contributed by atoms with Gasteiger partial charge in [0.05, 0.1) is 0 Å². The predicted molar refractivity (Wildman–Crippen MR) is 50.0 cm³/mol. The van der Waals surface area contributed by atoms with Crippen LogP contribution in [0.4, 0.5) is 0 Å². The van der Waals surface area contributed by atoms with Crippen LogP contribution < -0.4 is 5.73 Å². The van der Waals surface area contributed by atoms with Gasteiger partial charge in [0, 0.05) is 12.5 Å². The van der Waals surface area contributed by atoms with Gasteiger partial charge in [-0.15, -0.1) is 0 Å². The molecule has 0 saturated carbocycles. The van der Waals surface area contributed by atoms with Crippen molar-refractivity contribution in [3.05, 3.63) is 23.7 Å². The molecule has 1 rings (SSSR count). The monoisotopic (exact) mass is 167 g/mol. The standard InChI is InChI=1S/C10H17NO/c1-8(11)4-3-5-10-7-6-9(2)12-10/h6-8H,3-5,11H2,1-2H3. The fraction of sp³-hybridized carbons (Fsp3) is 0.600. The topological polar surface area (TPSA) is 39.2 Å². The van der Waals surface area contributed by atoms with E-state index in [1.54, 1.807) is 0 Å². The van der Waals surface area contributed by atoms with E-state index in [4.69, 9.17) is 10.2 Å². The molecule has 0 saturated heterocycles. The van der Waals surface area contributed by atoms with Crippen molar-refractivity contribution in [3.8, 4) is 0 Å². The number of furan rings is 1. The van der Waals surface area contributed by atoms with Gasteiger partial charge in [-0.2, -0.15) is 0 Å². The Kier molecular flexibility index (Phi) is 3.35. The highest BCUT2D eigenvalue weighted by atomic mass is 16.3. The molecule has 1 atom stereocenters. The zero-order valence-corrected chi connectivity index (χ0v) is 7.84. The summed E-state index contributed by atoms with van der Waals surface area (Å²) in [5.41, 5.74) is 5.63. The van der Waals surface area contributed by atoms with Crippen LogP contribution in [0.3, 0.4) is 0 Å². The number of nitrogens with two attached hydrogens (primary N) is 1. The molecule has 2 heteroatoms. The Balaban J connectivity index is 2.24. The van der Waals surface area contributed by atoms with E-state index in [9.17, 15) is 0 Å². The van der Waals surface area contributed by atoms with Crippen LogP contribution in [0.25, 0.3) is 0 Å². The third-order valence-corrected chi connectivity index (χ3v) is 1.88. The van der Waals surface area contributed by atoms with Crippen LogP contribution in [0, 0.1) is 6.92 Å². The summed E-state index contributed by atoms with van der Waals surface area (Å²) in [4.78, 5) is 0. The first-order chi connectivity index (χ1) is 5.68. The maximum absolute atomic E-state index is 5.63. The largest absolute Gasteiger partial charge is 0.466 e. The van der Waals surface area contributed by atoms with Crippen LogP contribution in [-0.2, 0) is 6.42 Å². The number of rotatable bonds is 4. The van der Waals surface area contributed by atoms with Gasteiger partial charge in [-0.05, 0) is 38.8 Å². The Hall–Kier alpha value is -0.760. The summed E-state index contributed by atoms with van der Waals surface area (Å²) < 4.78 is 5.42. The molecule has 0 fully saturated rings. The second-order valence-corrected chi connectivity index (χ2v) is 3.38. The fourth-order valence-electron chi connectivity index (χ4n) is 1.22. The van der Waals surface area contributed by atoms with Crippen molar-refractivity contribution in [3.63, 3.8) is 0 Å². The van der Waals surface area contributed by atoms with Crippen LogP contribution in [-0.4, -0.2) is 6.04 Å². The number of hydrogen-bond acceptors (Lipinski definition) is 2. The average Bonchev–Trinajstić information content (AvgIpc) is 2.35. The summed E-state index contributed by atoms with van der Waals surface area (Å²) in [6.07, 6.45) is 3.19. The molecule has 12 heavy (non-hydrogen) atoms. The maximum atomic E-state index is 5.63. The molecule has 0 bridgehead atoms. The van der Waals surface area contributed by atoms with Gasteiger partial charge in [0.15, 0.2) is 0 Å². The summed E-state index contributed by atoms with van der Waals surface area (Å²) in [5, 5.41) is 0. The first-order valence-corrected chi connectivity index (χ1v) is 4.49. The molecule has 1 aromatic rings. The highest BCUT2D eigenvalue weighted by molar-refractivity contribution is 5.05. The average molecular weight is 167 g/mol. The van der Waals surface area contributed by atoms with Gasteiger partial charge in [0.1, 0.15) is 11.5 Å².